The quantitative estimate of drug-likeness (QED) is 0.741. The van der Waals surface area contributed by atoms with Gasteiger partial charge in [0.05, 0.1) is 13.2 Å². The van der Waals surface area contributed by atoms with Gasteiger partial charge in [0, 0.05) is 25.6 Å². The Balaban J connectivity index is 1.63. The second kappa shape index (κ2) is 5.15. The van der Waals surface area contributed by atoms with Gasteiger partial charge in [-0.15, -0.1) is 0 Å². The topological polar surface area (TPSA) is 50.4 Å². The highest BCUT2D eigenvalue weighted by atomic mass is 16.5. The minimum absolute atomic E-state index is 0.149. The zero-order chi connectivity index (χ0) is 11.4. The summed E-state index contributed by atoms with van der Waals surface area (Å²) in [5.74, 6) is 0.149. The Hall–Kier alpha value is -0.610. The van der Waals surface area contributed by atoms with Gasteiger partial charge in [0.25, 0.3) is 0 Å². The van der Waals surface area contributed by atoms with Crippen LogP contribution in [0.5, 0.6) is 0 Å². The van der Waals surface area contributed by atoms with Gasteiger partial charge in [0.15, 0.2) is 0 Å². The minimum Gasteiger partial charge on any atom is -0.378 e. The van der Waals surface area contributed by atoms with Crippen molar-refractivity contribution >= 4 is 5.91 Å². The zero-order valence-corrected chi connectivity index (χ0v) is 10.1. The highest BCUT2D eigenvalue weighted by Gasteiger charge is 2.32. The monoisotopic (exact) mass is 226 g/mol. The molecular weight excluding hydrogens is 204 g/mol. The van der Waals surface area contributed by atoms with Crippen molar-refractivity contribution in [2.45, 2.75) is 38.6 Å². The normalized spacial score (nSPS) is 28.2. The molecule has 16 heavy (non-hydrogen) atoms. The fourth-order valence-corrected chi connectivity index (χ4v) is 2.32. The molecule has 0 radical (unpaired) electrons. The summed E-state index contributed by atoms with van der Waals surface area (Å²) in [5, 5.41) is 6.33. The summed E-state index contributed by atoms with van der Waals surface area (Å²) >= 11 is 0. The summed E-state index contributed by atoms with van der Waals surface area (Å²) in [6, 6.07) is 0.197. The third kappa shape index (κ3) is 3.19. The molecule has 1 unspecified atom stereocenters. The number of nitrogens with one attached hydrogen (secondary N) is 2. The molecule has 2 aliphatic rings. The molecule has 0 spiro atoms. The fourth-order valence-electron chi connectivity index (χ4n) is 2.32. The van der Waals surface area contributed by atoms with Gasteiger partial charge < -0.3 is 15.4 Å². The molecule has 2 N–H and O–H groups in total. The van der Waals surface area contributed by atoms with E-state index in [-0.39, 0.29) is 11.9 Å². The van der Waals surface area contributed by atoms with Gasteiger partial charge >= 0.3 is 0 Å². The lowest BCUT2D eigenvalue weighted by Gasteiger charge is -2.38. The van der Waals surface area contributed by atoms with Crippen molar-refractivity contribution in [3.63, 3.8) is 0 Å². The maximum atomic E-state index is 11.7. The van der Waals surface area contributed by atoms with E-state index in [2.05, 4.69) is 17.6 Å². The molecule has 1 aliphatic carbocycles. The largest absolute Gasteiger partial charge is 0.378 e. The molecule has 1 aliphatic heterocycles. The molecule has 1 saturated heterocycles. The van der Waals surface area contributed by atoms with Crippen molar-refractivity contribution in [3.8, 4) is 0 Å². The van der Waals surface area contributed by atoms with E-state index in [4.69, 9.17) is 4.74 Å². The molecule has 4 nitrogen and oxygen atoms in total. The van der Waals surface area contributed by atoms with Crippen molar-refractivity contribution in [3.05, 3.63) is 0 Å². The average Bonchev–Trinajstić information content (AvgIpc) is 2.25. The molecule has 92 valence electrons. The Kier molecular flexibility index (Phi) is 3.82. The Morgan fingerprint density at radius 2 is 2.38 bits per heavy atom. The highest BCUT2D eigenvalue weighted by molar-refractivity contribution is 5.76. The van der Waals surface area contributed by atoms with Gasteiger partial charge in [0.2, 0.25) is 5.91 Å². The summed E-state index contributed by atoms with van der Waals surface area (Å²) in [4.78, 5) is 11.7. The molecule has 0 aromatic heterocycles. The molecule has 1 atom stereocenters. The van der Waals surface area contributed by atoms with Crippen molar-refractivity contribution < 1.29 is 9.53 Å². The predicted octanol–water partition coefficient (Wildman–Crippen LogP) is 0.671. The van der Waals surface area contributed by atoms with Crippen LogP contribution in [0.3, 0.4) is 0 Å². The van der Waals surface area contributed by atoms with Crippen LogP contribution in [-0.2, 0) is 9.53 Å². The first-order valence-corrected chi connectivity index (χ1v) is 6.26. The number of hydrogen-bond acceptors (Lipinski definition) is 3. The van der Waals surface area contributed by atoms with Gasteiger partial charge in [-0.25, -0.2) is 0 Å². The summed E-state index contributed by atoms with van der Waals surface area (Å²) < 4.78 is 5.32. The van der Waals surface area contributed by atoms with Crippen LogP contribution in [0.25, 0.3) is 0 Å². The molecule has 2 fully saturated rings. The third-order valence-corrected chi connectivity index (χ3v) is 3.70. The average molecular weight is 226 g/mol. The Bertz CT molecular complexity index is 245. The number of ether oxygens (including phenoxy) is 1. The first-order valence-electron chi connectivity index (χ1n) is 6.26. The summed E-state index contributed by atoms with van der Waals surface area (Å²) in [6.07, 6.45) is 4.34. The maximum Gasteiger partial charge on any atom is 0.221 e. The predicted molar refractivity (Wildman–Crippen MR) is 62.2 cm³/mol. The fraction of sp³-hybridized carbons (Fsp3) is 0.917. The van der Waals surface area contributed by atoms with Crippen LogP contribution in [0, 0.1) is 5.41 Å². The number of rotatable bonds is 4. The molecule has 0 aromatic carbocycles. The van der Waals surface area contributed by atoms with Crippen LogP contribution in [-0.4, -0.2) is 38.3 Å². The maximum absolute atomic E-state index is 11.7. The van der Waals surface area contributed by atoms with E-state index < -0.39 is 0 Å². The van der Waals surface area contributed by atoms with E-state index in [0.29, 0.717) is 18.4 Å². The number of hydrogen-bond donors (Lipinski definition) is 2. The number of morpholine rings is 1. The first kappa shape index (κ1) is 11.9. The van der Waals surface area contributed by atoms with Crippen molar-refractivity contribution in [1.29, 1.82) is 0 Å². The minimum atomic E-state index is 0.149. The Morgan fingerprint density at radius 1 is 1.56 bits per heavy atom. The van der Waals surface area contributed by atoms with E-state index >= 15 is 0 Å². The van der Waals surface area contributed by atoms with Gasteiger partial charge in [-0.05, 0) is 18.3 Å². The molecule has 0 bridgehead atoms. The SMILES string of the molecule is CC1(CNC(=O)CC2COCCN2)CCC1. The molecular formula is C12H22N2O2. The molecule has 0 aromatic rings. The highest BCUT2D eigenvalue weighted by Crippen LogP contribution is 2.39. The van der Waals surface area contributed by atoms with Gasteiger partial charge in [-0.1, -0.05) is 13.3 Å². The van der Waals surface area contributed by atoms with E-state index in [1.165, 1.54) is 19.3 Å². The smallest absolute Gasteiger partial charge is 0.221 e. The second-order valence-electron chi connectivity index (χ2n) is 5.37. The lowest BCUT2D eigenvalue weighted by atomic mass is 9.70. The third-order valence-electron chi connectivity index (χ3n) is 3.70. The van der Waals surface area contributed by atoms with E-state index in [9.17, 15) is 4.79 Å². The second-order valence-corrected chi connectivity index (χ2v) is 5.37. The summed E-state index contributed by atoms with van der Waals surface area (Å²) in [5.41, 5.74) is 0.367. The molecule has 4 heteroatoms. The molecule has 1 heterocycles. The van der Waals surface area contributed by atoms with Gasteiger partial charge in [-0.3, -0.25) is 4.79 Å². The van der Waals surface area contributed by atoms with E-state index in [1.54, 1.807) is 0 Å². The lowest BCUT2D eigenvalue weighted by molar-refractivity contribution is -0.123. The van der Waals surface area contributed by atoms with E-state index in [0.717, 1.165) is 19.7 Å². The lowest BCUT2D eigenvalue weighted by Crippen LogP contribution is -2.46. The van der Waals surface area contributed by atoms with Crippen LogP contribution in [0.2, 0.25) is 0 Å². The Morgan fingerprint density at radius 3 is 2.94 bits per heavy atom. The van der Waals surface area contributed by atoms with Crippen molar-refractivity contribution in [1.82, 2.24) is 10.6 Å². The Labute approximate surface area is 97.1 Å². The number of carbonyl (C=O) groups excluding carboxylic acids is 1. The van der Waals surface area contributed by atoms with Crippen molar-refractivity contribution in [2.24, 2.45) is 5.41 Å². The molecule has 1 amide bonds. The van der Waals surface area contributed by atoms with Crippen LogP contribution in [0.1, 0.15) is 32.6 Å². The van der Waals surface area contributed by atoms with Gasteiger partial charge in [-0.2, -0.15) is 0 Å². The van der Waals surface area contributed by atoms with Crippen LogP contribution in [0.15, 0.2) is 0 Å². The van der Waals surface area contributed by atoms with Crippen molar-refractivity contribution in [2.75, 3.05) is 26.3 Å². The first-order chi connectivity index (χ1) is 7.68. The van der Waals surface area contributed by atoms with Crippen LogP contribution < -0.4 is 10.6 Å². The molecule has 1 saturated carbocycles. The van der Waals surface area contributed by atoms with Crippen LogP contribution >= 0.6 is 0 Å². The van der Waals surface area contributed by atoms with Crippen LogP contribution in [0.4, 0.5) is 0 Å². The standard InChI is InChI=1S/C12H22N2O2/c1-12(3-2-4-12)9-14-11(15)7-10-8-16-6-5-13-10/h10,13H,2-9H2,1H3,(H,14,15). The van der Waals surface area contributed by atoms with E-state index in [1.807, 2.05) is 0 Å². The number of amides is 1. The summed E-state index contributed by atoms with van der Waals surface area (Å²) in [6.45, 7) is 5.36. The number of carbonyl (C=O) groups is 1. The van der Waals surface area contributed by atoms with Gasteiger partial charge in [0.1, 0.15) is 0 Å². The molecule has 2 rings (SSSR count). The zero-order valence-electron chi connectivity index (χ0n) is 10.1. The summed E-state index contributed by atoms with van der Waals surface area (Å²) in [7, 11) is 0.